The van der Waals surface area contributed by atoms with Gasteiger partial charge in [0.15, 0.2) is 0 Å². The summed E-state index contributed by atoms with van der Waals surface area (Å²) in [6.07, 6.45) is 0.673. The normalized spacial score (nSPS) is 17.1. The lowest BCUT2D eigenvalue weighted by atomic mass is 9.89. The Bertz CT molecular complexity index is 2520. The minimum Gasteiger partial charge on any atom is -0.445 e. The van der Waals surface area contributed by atoms with Crippen molar-refractivity contribution in [1.29, 1.82) is 0 Å². The highest BCUT2D eigenvalue weighted by Crippen LogP contribution is 2.30. The van der Waals surface area contributed by atoms with E-state index < -0.39 is 108 Å². The Hall–Kier alpha value is -6.69. The number of methoxy groups -OCH3 is 2. The molecule has 12 atom stereocenters. The second kappa shape index (κ2) is 37.2. The van der Waals surface area contributed by atoms with Gasteiger partial charge in [0.25, 0.3) is 0 Å². The first-order valence-corrected chi connectivity index (χ1v) is 30.9. The molecule has 1 saturated heterocycles. The summed E-state index contributed by atoms with van der Waals surface area (Å²) in [7, 11) is 7.64. The number of unbranched alkanes of at least 4 members (excludes halogenated alkanes) is 1. The minimum atomic E-state index is -1.06. The number of nitrogens with zero attached hydrogens (tertiary/aromatic N) is 3. The van der Waals surface area contributed by atoms with Crippen LogP contribution in [0.3, 0.4) is 0 Å². The average molecular weight is 1220 g/mol. The first kappa shape index (κ1) is 74.6. The number of nitrogens with one attached hydrogen (secondary N) is 6. The van der Waals surface area contributed by atoms with Crippen molar-refractivity contribution in [1.82, 2.24) is 41.3 Å². The average Bonchev–Trinajstić information content (AvgIpc) is 3.49. The van der Waals surface area contributed by atoms with Crippen LogP contribution in [0.4, 0.5) is 10.5 Å². The molecule has 87 heavy (non-hydrogen) atoms. The summed E-state index contributed by atoms with van der Waals surface area (Å²) in [6, 6.07) is 10.0. The van der Waals surface area contributed by atoms with Crippen LogP contribution in [0.5, 0.6) is 0 Å². The maximum atomic E-state index is 14.8. The number of amides is 9. The Morgan fingerprint density at radius 3 is 1.91 bits per heavy atom. The molecule has 23 heteroatoms. The number of hydrogen-bond acceptors (Lipinski definition) is 14. The third-order valence-corrected chi connectivity index (χ3v) is 16.6. The van der Waals surface area contributed by atoms with Gasteiger partial charge in [0.05, 0.1) is 48.8 Å². The van der Waals surface area contributed by atoms with Gasteiger partial charge in [-0.15, -0.1) is 0 Å². The van der Waals surface area contributed by atoms with Gasteiger partial charge in [-0.1, -0.05) is 111 Å². The summed E-state index contributed by atoms with van der Waals surface area (Å²) in [5, 5.41) is 27.7. The lowest BCUT2D eigenvalue weighted by molar-refractivity contribution is -0.148. The Labute approximate surface area is 516 Å². The largest absolute Gasteiger partial charge is 0.445 e. The van der Waals surface area contributed by atoms with E-state index in [2.05, 4.69) is 31.9 Å². The van der Waals surface area contributed by atoms with Crippen LogP contribution in [-0.4, -0.2) is 176 Å². The second-order valence-corrected chi connectivity index (χ2v) is 24.2. The van der Waals surface area contributed by atoms with Gasteiger partial charge in [-0.3, -0.25) is 43.3 Å². The lowest BCUT2D eigenvalue weighted by Gasteiger charge is -2.41. The minimum absolute atomic E-state index is 0.0492. The van der Waals surface area contributed by atoms with Crippen molar-refractivity contribution in [3.8, 4) is 0 Å². The summed E-state index contributed by atoms with van der Waals surface area (Å²) in [5.74, 6) is -5.08. The molecule has 9 amide bonds. The molecule has 1 heterocycles. The van der Waals surface area contributed by atoms with Gasteiger partial charge >= 0.3 is 6.09 Å². The van der Waals surface area contributed by atoms with Gasteiger partial charge in [-0.25, -0.2) is 4.79 Å². The number of aliphatic hydroxyl groups excluding tert-OH is 1. The molecular weight excluding hydrogens is 1120 g/mol. The summed E-state index contributed by atoms with van der Waals surface area (Å²) in [5.41, 5.74) is 7.38. The molecule has 0 aromatic heterocycles. The van der Waals surface area contributed by atoms with Gasteiger partial charge in [-0.05, 0) is 98.9 Å². The highest BCUT2D eigenvalue weighted by atomic mass is 16.6. The third-order valence-electron chi connectivity index (χ3n) is 16.6. The molecule has 0 aliphatic carbocycles. The predicted molar refractivity (Wildman–Crippen MR) is 333 cm³/mol. The Balaban J connectivity index is 1.69. The van der Waals surface area contributed by atoms with Crippen LogP contribution in [0.1, 0.15) is 151 Å². The van der Waals surface area contributed by atoms with E-state index in [1.54, 1.807) is 94.8 Å². The van der Waals surface area contributed by atoms with Crippen molar-refractivity contribution in [3.05, 3.63) is 65.7 Å². The van der Waals surface area contributed by atoms with E-state index in [9.17, 15) is 48.3 Å². The Morgan fingerprint density at radius 1 is 0.713 bits per heavy atom. The van der Waals surface area contributed by atoms with Crippen molar-refractivity contribution in [2.24, 2.45) is 35.3 Å². The fourth-order valence-electron chi connectivity index (χ4n) is 11.2. The summed E-state index contributed by atoms with van der Waals surface area (Å²) >= 11 is 0. The van der Waals surface area contributed by atoms with Crippen LogP contribution < -0.4 is 37.6 Å². The number of carbonyl (C=O) groups excluding carboxylic acids is 9. The van der Waals surface area contributed by atoms with E-state index >= 15 is 0 Å². The van der Waals surface area contributed by atoms with Crippen LogP contribution in [0.25, 0.3) is 0 Å². The number of carbonyl (C=O) groups is 9. The van der Waals surface area contributed by atoms with Crippen LogP contribution in [-0.2, 0) is 59.2 Å². The highest BCUT2D eigenvalue weighted by molar-refractivity contribution is 5.98. The maximum Gasteiger partial charge on any atom is 0.410 e. The number of benzene rings is 2. The van der Waals surface area contributed by atoms with E-state index in [0.29, 0.717) is 68.4 Å². The molecule has 9 N–H and O–H groups in total. The maximum absolute atomic E-state index is 14.8. The van der Waals surface area contributed by atoms with Crippen molar-refractivity contribution < 1.29 is 62.5 Å². The van der Waals surface area contributed by atoms with Crippen molar-refractivity contribution in [2.45, 2.75) is 201 Å². The molecule has 0 unspecified atom stereocenters. The van der Waals surface area contributed by atoms with E-state index in [1.165, 1.54) is 33.2 Å². The third kappa shape index (κ3) is 22.4. The first-order valence-electron chi connectivity index (χ1n) is 30.9. The number of hydrogen-bond donors (Lipinski definition) is 8. The topological polar surface area (TPSA) is 309 Å². The van der Waals surface area contributed by atoms with Gasteiger partial charge in [-0.2, -0.15) is 0 Å². The molecular formula is C64H104N10O13. The van der Waals surface area contributed by atoms with Gasteiger partial charge < -0.3 is 66.8 Å². The van der Waals surface area contributed by atoms with Crippen molar-refractivity contribution in [3.63, 3.8) is 0 Å². The summed E-state index contributed by atoms with van der Waals surface area (Å²) in [6.45, 7) is 18.8. The smallest absolute Gasteiger partial charge is 0.410 e. The monoisotopic (exact) mass is 1220 g/mol. The number of likely N-dealkylation sites (tertiary alicyclic amines) is 1. The van der Waals surface area contributed by atoms with Crippen LogP contribution in [0.15, 0.2) is 54.6 Å². The van der Waals surface area contributed by atoms with E-state index in [4.69, 9.17) is 19.9 Å². The molecule has 0 bridgehead atoms. The SMILES string of the molecule is CC[C@@H](C)[C@H]([C@H](CC(=O)N1CCC[C@@H]1[C@@H](OC)[C@H](C)C(=O)N[C@@H](C)[C@H](O)c1ccccc1)OC)N(C)C(=O)[C@H](NC(=O)[C@@H](C(C)C)N(C)C(=O)OCc1ccc(NC(=O)[C@H](CCCCN)NC(=O)[C@@H](NC(=O)CCCC(=O)NC)C(C)C)cc1)C(C)C. The number of ether oxygens (including phenoxy) is 3. The number of aliphatic hydroxyl groups is 1. The fourth-order valence-corrected chi connectivity index (χ4v) is 11.2. The van der Waals surface area contributed by atoms with Gasteiger partial charge in [0.1, 0.15) is 30.8 Å². The van der Waals surface area contributed by atoms with Crippen LogP contribution >= 0.6 is 0 Å². The number of nitrogens with two attached hydrogens (primary N) is 1. The van der Waals surface area contributed by atoms with Crippen LogP contribution in [0, 0.1) is 29.6 Å². The van der Waals surface area contributed by atoms with Gasteiger partial charge in [0.2, 0.25) is 47.3 Å². The van der Waals surface area contributed by atoms with E-state index in [-0.39, 0.29) is 67.8 Å². The molecule has 488 valence electrons. The fraction of sp³-hybridized carbons (Fsp3) is 0.672. The lowest BCUT2D eigenvalue weighted by Crippen LogP contribution is -2.60. The molecule has 23 nitrogen and oxygen atoms in total. The van der Waals surface area contributed by atoms with E-state index in [1.807, 2.05) is 45.9 Å². The van der Waals surface area contributed by atoms with Crippen molar-refractivity contribution >= 4 is 59.0 Å². The molecule has 0 saturated carbocycles. The molecule has 1 aliphatic rings. The summed E-state index contributed by atoms with van der Waals surface area (Å²) in [4.78, 5) is 127. The molecule has 3 rings (SSSR count). The zero-order chi connectivity index (χ0) is 65.2. The van der Waals surface area contributed by atoms with Gasteiger partial charge in [0, 0.05) is 60.4 Å². The van der Waals surface area contributed by atoms with Crippen molar-refractivity contribution in [2.75, 3.05) is 53.8 Å². The summed E-state index contributed by atoms with van der Waals surface area (Å²) < 4.78 is 17.7. The predicted octanol–water partition coefficient (Wildman–Crippen LogP) is 5.19. The molecule has 1 aliphatic heterocycles. The molecule has 2 aromatic rings. The first-order chi connectivity index (χ1) is 41.2. The quantitative estimate of drug-likeness (QED) is 0.0408. The zero-order valence-corrected chi connectivity index (χ0v) is 54.3. The second-order valence-electron chi connectivity index (χ2n) is 24.2. The molecule has 0 radical (unpaired) electrons. The Kier molecular flexibility index (Phi) is 31.9. The van der Waals surface area contributed by atoms with Crippen LogP contribution in [0.2, 0.25) is 0 Å². The molecule has 2 aromatic carbocycles. The van der Waals surface area contributed by atoms with E-state index in [0.717, 1.165) is 0 Å². The molecule has 1 fully saturated rings. The highest BCUT2D eigenvalue weighted by Gasteiger charge is 2.44. The number of likely N-dealkylation sites (N-methyl/N-ethyl adjacent to an activating group) is 2. The number of rotatable bonds is 36. The molecule has 0 spiro atoms. The Morgan fingerprint density at radius 2 is 1.34 bits per heavy atom. The standard InChI is InChI=1S/C64H104N10O13/c1-16-41(8)56(49(85-14)36-52(77)74-35-23-27-48(74)58(86-15)42(9)59(79)67-43(10)57(78)45-24-18-17-19-25-45)72(12)63(83)54(39(4)5)71-62(82)55(40(6)7)73(13)64(84)87-37-44-30-32-46(33-31-44)68-60(80)47(26-20-21-34-65)69-61(81)53(38(2)3)70-51(76)29-22-28-50(75)66-11/h17-19,24-25,30-33,38-43,47-49,53-58,78H,16,20-23,26-29,34-37,65H2,1-15H3,(H,66,75)(H,67,79)(H,68,80)(H,69,81)(H,70,76)(H,71,82)/t41-,42+,43+,47+,48-,49+,53+,54-,55-,56-,57+,58+/m1/s1. The number of anilines is 1. The zero-order valence-electron chi connectivity index (χ0n) is 54.3.